The van der Waals surface area contributed by atoms with Crippen molar-refractivity contribution in [2.24, 2.45) is 0 Å². The third-order valence-corrected chi connectivity index (χ3v) is 3.20. The largest absolute Gasteiger partial charge is 0.364 e. The number of ether oxygens (including phenoxy) is 1. The van der Waals surface area contributed by atoms with Crippen LogP contribution < -0.4 is 5.32 Å². The average molecular weight is 283 g/mol. The maximum absolute atomic E-state index is 12.1. The molecule has 2 rings (SSSR count). The molecule has 0 bridgehead atoms. The van der Waals surface area contributed by atoms with Gasteiger partial charge in [-0.3, -0.25) is 4.79 Å². The van der Waals surface area contributed by atoms with E-state index in [1.54, 1.807) is 6.92 Å². The van der Waals surface area contributed by atoms with Gasteiger partial charge in [0, 0.05) is 5.69 Å². The van der Waals surface area contributed by atoms with Gasteiger partial charge in [0.15, 0.2) is 0 Å². The summed E-state index contributed by atoms with van der Waals surface area (Å²) in [6.45, 7) is 6.22. The van der Waals surface area contributed by atoms with E-state index in [1.165, 1.54) is 0 Å². The molecule has 0 aliphatic heterocycles. The monoisotopic (exact) mass is 283 g/mol. The number of hydrogen-bond donors (Lipinski definition) is 1. The molecule has 3 heteroatoms. The minimum absolute atomic E-state index is 0.129. The molecule has 1 amide bonds. The third kappa shape index (κ3) is 4.72. The molecule has 0 spiro atoms. The summed E-state index contributed by atoms with van der Waals surface area (Å²) < 4.78 is 5.61. The molecule has 1 atom stereocenters. The highest BCUT2D eigenvalue weighted by atomic mass is 16.5. The SMILES string of the molecule is Cc1cc(C)cc(NC(=O)C(C)OCc2ccccc2)c1. The number of aryl methyl sites for hydroxylation is 2. The first-order chi connectivity index (χ1) is 10.0. The van der Waals surface area contributed by atoms with Crippen LogP contribution in [0.2, 0.25) is 0 Å². The van der Waals surface area contributed by atoms with Gasteiger partial charge in [0.05, 0.1) is 6.61 Å². The van der Waals surface area contributed by atoms with Gasteiger partial charge < -0.3 is 10.1 Å². The summed E-state index contributed by atoms with van der Waals surface area (Å²) >= 11 is 0. The fraction of sp³-hybridized carbons (Fsp3) is 0.278. The van der Waals surface area contributed by atoms with Gasteiger partial charge in [-0.2, -0.15) is 0 Å². The van der Waals surface area contributed by atoms with Crippen molar-refractivity contribution in [3.05, 3.63) is 65.2 Å². The first-order valence-electron chi connectivity index (χ1n) is 7.09. The van der Waals surface area contributed by atoms with Crippen molar-refractivity contribution in [2.45, 2.75) is 33.5 Å². The summed E-state index contributed by atoms with van der Waals surface area (Å²) in [5.74, 6) is -0.129. The van der Waals surface area contributed by atoms with Gasteiger partial charge in [0.1, 0.15) is 6.10 Å². The number of carbonyl (C=O) groups excluding carboxylic acids is 1. The van der Waals surface area contributed by atoms with Crippen LogP contribution in [0.4, 0.5) is 5.69 Å². The molecule has 2 aromatic carbocycles. The molecule has 0 fully saturated rings. The average Bonchev–Trinajstić information content (AvgIpc) is 2.44. The Kier molecular flexibility index (Phi) is 5.12. The minimum atomic E-state index is -0.494. The second kappa shape index (κ2) is 7.04. The van der Waals surface area contributed by atoms with E-state index in [4.69, 9.17) is 4.74 Å². The van der Waals surface area contributed by atoms with Crippen molar-refractivity contribution >= 4 is 11.6 Å². The lowest BCUT2D eigenvalue weighted by atomic mass is 10.1. The van der Waals surface area contributed by atoms with Crippen LogP contribution in [-0.4, -0.2) is 12.0 Å². The summed E-state index contributed by atoms with van der Waals surface area (Å²) in [6, 6.07) is 15.8. The summed E-state index contributed by atoms with van der Waals surface area (Å²) in [7, 11) is 0. The number of rotatable bonds is 5. The van der Waals surface area contributed by atoms with Crippen LogP contribution in [0.25, 0.3) is 0 Å². The fourth-order valence-electron chi connectivity index (χ4n) is 2.16. The normalized spacial score (nSPS) is 12.0. The third-order valence-electron chi connectivity index (χ3n) is 3.20. The Labute approximate surface area is 126 Å². The molecule has 1 N–H and O–H groups in total. The molecule has 3 nitrogen and oxygen atoms in total. The van der Waals surface area contributed by atoms with Crippen LogP contribution in [0.3, 0.4) is 0 Å². The van der Waals surface area contributed by atoms with Crippen molar-refractivity contribution < 1.29 is 9.53 Å². The van der Waals surface area contributed by atoms with Crippen LogP contribution in [0, 0.1) is 13.8 Å². The minimum Gasteiger partial charge on any atom is -0.364 e. The van der Waals surface area contributed by atoms with E-state index in [0.717, 1.165) is 22.4 Å². The molecule has 0 saturated carbocycles. The van der Waals surface area contributed by atoms with Crippen LogP contribution >= 0.6 is 0 Å². The van der Waals surface area contributed by atoms with Gasteiger partial charge in [0.2, 0.25) is 0 Å². The predicted octanol–water partition coefficient (Wildman–Crippen LogP) is 3.85. The van der Waals surface area contributed by atoms with Crippen LogP contribution in [0.15, 0.2) is 48.5 Å². The smallest absolute Gasteiger partial charge is 0.253 e. The zero-order valence-corrected chi connectivity index (χ0v) is 12.7. The van der Waals surface area contributed by atoms with Crippen LogP contribution in [0.5, 0.6) is 0 Å². The van der Waals surface area contributed by atoms with E-state index in [2.05, 4.69) is 11.4 Å². The summed E-state index contributed by atoms with van der Waals surface area (Å²) in [5.41, 5.74) is 4.13. The quantitative estimate of drug-likeness (QED) is 0.905. The van der Waals surface area contributed by atoms with E-state index in [0.29, 0.717) is 6.61 Å². The Balaban J connectivity index is 1.90. The maximum Gasteiger partial charge on any atom is 0.253 e. The topological polar surface area (TPSA) is 38.3 Å². The van der Waals surface area contributed by atoms with Crippen LogP contribution in [0.1, 0.15) is 23.6 Å². The molecule has 0 saturated heterocycles. The Hall–Kier alpha value is -2.13. The summed E-state index contributed by atoms with van der Waals surface area (Å²) in [4.78, 5) is 12.1. The molecule has 0 radical (unpaired) electrons. The highest BCUT2D eigenvalue weighted by Crippen LogP contribution is 2.14. The highest BCUT2D eigenvalue weighted by Gasteiger charge is 2.13. The summed E-state index contributed by atoms with van der Waals surface area (Å²) in [5, 5.41) is 2.90. The predicted molar refractivity (Wildman–Crippen MR) is 85.2 cm³/mol. The van der Waals surface area contributed by atoms with E-state index < -0.39 is 6.10 Å². The second-order valence-electron chi connectivity index (χ2n) is 5.30. The van der Waals surface area contributed by atoms with Crippen molar-refractivity contribution in [3.8, 4) is 0 Å². The van der Waals surface area contributed by atoms with Crippen molar-refractivity contribution in [2.75, 3.05) is 5.32 Å². The molecule has 0 aromatic heterocycles. The molecule has 21 heavy (non-hydrogen) atoms. The molecular formula is C18H21NO2. The van der Waals surface area contributed by atoms with E-state index in [1.807, 2.05) is 56.3 Å². The van der Waals surface area contributed by atoms with E-state index in [9.17, 15) is 4.79 Å². The Bertz CT molecular complexity index is 588. The number of anilines is 1. The maximum atomic E-state index is 12.1. The lowest BCUT2D eigenvalue weighted by molar-refractivity contribution is -0.127. The zero-order chi connectivity index (χ0) is 15.2. The van der Waals surface area contributed by atoms with Crippen molar-refractivity contribution in [3.63, 3.8) is 0 Å². The second-order valence-corrected chi connectivity index (χ2v) is 5.30. The zero-order valence-electron chi connectivity index (χ0n) is 12.7. The Morgan fingerprint density at radius 1 is 1.10 bits per heavy atom. The van der Waals surface area contributed by atoms with Gasteiger partial charge in [-0.15, -0.1) is 0 Å². The number of amides is 1. The molecule has 0 aliphatic rings. The van der Waals surface area contributed by atoms with Gasteiger partial charge in [-0.1, -0.05) is 36.4 Å². The standard InChI is InChI=1S/C18H21NO2/c1-13-9-14(2)11-17(10-13)19-18(20)15(3)21-12-16-7-5-4-6-8-16/h4-11,15H,12H2,1-3H3,(H,19,20). The van der Waals surface area contributed by atoms with Crippen LogP contribution in [-0.2, 0) is 16.1 Å². The lowest BCUT2D eigenvalue weighted by Crippen LogP contribution is -2.27. The summed E-state index contributed by atoms with van der Waals surface area (Å²) in [6.07, 6.45) is -0.494. The molecule has 110 valence electrons. The Morgan fingerprint density at radius 2 is 1.71 bits per heavy atom. The first-order valence-corrected chi connectivity index (χ1v) is 7.09. The molecule has 2 aromatic rings. The first kappa shape index (κ1) is 15.3. The van der Waals surface area contributed by atoms with E-state index >= 15 is 0 Å². The molecule has 0 heterocycles. The number of carbonyl (C=O) groups is 1. The van der Waals surface area contributed by atoms with Gasteiger partial charge in [-0.05, 0) is 49.6 Å². The molecular weight excluding hydrogens is 262 g/mol. The van der Waals surface area contributed by atoms with E-state index in [-0.39, 0.29) is 5.91 Å². The van der Waals surface area contributed by atoms with Gasteiger partial charge in [-0.25, -0.2) is 0 Å². The van der Waals surface area contributed by atoms with Gasteiger partial charge >= 0.3 is 0 Å². The number of hydrogen-bond acceptors (Lipinski definition) is 2. The van der Waals surface area contributed by atoms with Gasteiger partial charge in [0.25, 0.3) is 5.91 Å². The van der Waals surface area contributed by atoms with Crippen molar-refractivity contribution in [1.29, 1.82) is 0 Å². The number of benzene rings is 2. The molecule has 0 aliphatic carbocycles. The molecule has 1 unspecified atom stereocenters. The number of nitrogens with one attached hydrogen (secondary N) is 1. The lowest BCUT2D eigenvalue weighted by Gasteiger charge is -2.14. The Morgan fingerprint density at radius 3 is 2.33 bits per heavy atom. The highest BCUT2D eigenvalue weighted by molar-refractivity contribution is 5.94. The fourth-order valence-corrected chi connectivity index (χ4v) is 2.16. The van der Waals surface area contributed by atoms with Crippen molar-refractivity contribution in [1.82, 2.24) is 0 Å².